The molecule has 17 heavy (non-hydrogen) atoms. The summed E-state index contributed by atoms with van der Waals surface area (Å²) in [6, 6.07) is 0. The molecule has 2 amide bonds. The van der Waals surface area contributed by atoms with Crippen LogP contribution in [0.2, 0.25) is 0 Å². The van der Waals surface area contributed by atoms with Crippen LogP contribution in [-0.2, 0) is 9.53 Å². The number of alkyl carbamates (subject to hydrolysis) is 1. The summed E-state index contributed by atoms with van der Waals surface area (Å²) in [6.07, 6.45) is 2.46. The first-order valence-electron chi connectivity index (χ1n) is 6.22. The fourth-order valence-electron chi connectivity index (χ4n) is 1.95. The molecule has 1 fully saturated rings. The molecule has 0 aromatic rings. The highest BCUT2D eigenvalue weighted by atomic mass is 16.6. The summed E-state index contributed by atoms with van der Waals surface area (Å²) in [5.41, 5.74) is 5.24. The van der Waals surface area contributed by atoms with Crippen molar-refractivity contribution in [3.8, 4) is 0 Å². The lowest BCUT2D eigenvalue weighted by Crippen LogP contribution is -2.35. The van der Waals surface area contributed by atoms with Crippen molar-refractivity contribution in [3.05, 3.63) is 0 Å². The average molecular weight is 242 g/mol. The number of primary amides is 1. The molecule has 1 aliphatic carbocycles. The van der Waals surface area contributed by atoms with E-state index in [4.69, 9.17) is 10.5 Å². The number of hydrogen-bond acceptors (Lipinski definition) is 3. The van der Waals surface area contributed by atoms with Gasteiger partial charge >= 0.3 is 6.09 Å². The molecule has 0 aliphatic heterocycles. The van der Waals surface area contributed by atoms with Crippen molar-refractivity contribution < 1.29 is 14.3 Å². The van der Waals surface area contributed by atoms with Crippen molar-refractivity contribution in [1.29, 1.82) is 0 Å². The largest absolute Gasteiger partial charge is 0.446 e. The Morgan fingerprint density at radius 2 is 1.88 bits per heavy atom. The van der Waals surface area contributed by atoms with Gasteiger partial charge in [0, 0.05) is 12.5 Å². The molecule has 3 N–H and O–H groups in total. The van der Waals surface area contributed by atoms with E-state index in [1.165, 1.54) is 0 Å². The maximum absolute atomic E-state index is 11.4. The second-order valence-corrected chi connectivity index (χ2v) is 5.06. The van der Waals surface area contributed by atoms with Crippen molar-refractivity contribution in [1.82, 2.24) is 5.32 Å². The molecule has 0 aromatic heterocycles. The second-order valence-electron chi connectivity index (χ2n) is 5.06. The Labute approximate surface area is 102 Å². The summed E-state index contributed by atoms with van der Waals surface area (Å²) in [5, 5.41) is 2.71. The highest BCUT2D eigenvalue weighted by Crippen LogP contribution is 2.25. The van der Waals surface area contributed by atoms with Gasteiger partial charge in [0.2, 0.25) is 5.91 Å². The number of hydrogen-bond donors (Lipinski definition) is 2. The lowest BCUT2D eigenvalue weighted by Gasteiger charge is -2.26. The van der Waals surface area contributed by atoms with Crippen molar-refractivity contribution in [2.75, 3.05) is 6.54 Å². The van der Waals surface area contributed by atoms with Gasteiger partial charge < -0.3 is 15.8 Å². The zero-order chi connectivity index (χ0) is 12.8. The summed E-state index contributed by atoms with van der Waals surface area (Å²) in [6.45, 7) is 4.67. The zero-order valence-electron chi connectivity index (χ0n) is 10.6. The molecule has 1 saturated carbocycles. The third kappa shape index (κ3) is 5.06. The van der Waals surface area contributed by atoms with E-state index in [1.54, 1.807) is 0 Å². The Morgan fingerprint density at radius 1 is 1.29 bits per heavy atom. The van der Waals surface area contributed by atoms with E-state index in [-0.39, 0.29) is 24.0 Å². The predicted octanol–water partition coefficient (Wildman–Crippen LogP) is 1.41. The number of rotatable bonds is 4. The van der Waals surface area contributed by atoms with Crippen molar-refractivity contribution in [2.45, 2.75) is 45.6 Å². The molecule has 0 spiro atoms. The number of carbonyl (C=O) groups is 2. The molecule has 0 aromatic carbocycles. The SMILES string of the molecule is CC(C)CNC(=O)OC1CCC(C(N)=O)CC1. The molecule has 0 heterocycles. The molecular formula is C12H22N2O3. The van der Waals surface area contributed by atoms with Crippen LogP contribution in [0.25, 0.3) is 0 Å². The first-order chi connectivity index (χ1) is 7.99. The number of carbonyl (C=O) groups excluding carboxylic acids is 2. The summed E-state index contributed by atoms with van der Waals surface area (Å²) in [4.78, 5) is 22.4. The van der Waals surface area contributed by atoms with Crippen LogP contribution < -0.4 is 11.1 Å². The molecule has 0 unspecified atom stereocenters. The van der Waals surface area contributed by atoms with E-state index in [2.05, 4.69) is 5.32 Å². The Kier molecular flexibility index (Phi) is 5.25. The highest BCUT2D eigenvalue weighted by molar-refractivity contribution is 5.76. The molecule has 0 bridgehead atoms. The van der Waals surface area contributed by atoms with Crippen LogP contribution in [0.3, 0.4) is 0 Å². The molecule has 0 saturated heterocycles. The lowest BCUT2D eigenvalue weighted by atomic mass is 9.87. The van der Waals surface area contributed by atoms with Crippen molar-refractivity contribution in [2.24, 2.45) is 17.6 Å². The average Bonchev–Trinajstić information content (AvgIpc) is 2.27. The molecule has 98 valence electrons. The van der Waals surface area contributed by atoms with Crippen LogP contribution in [-0.4, -0.2) is 24.6 Å². The topological polar surface area (TPSA) is 81.4 Å². The lowest BCUT2D eigenvalue weighted by molar-refractivity contribution is -0.123. The molecule has 1 aliphatic rings. The van der Waals surface area contributed by atoms with Gasteiger partial charge in [-0.3, -0.25) is 4.79 Å². The minimum atomic E-state index is -0.360. The van der Waals surface area contributed by atoms with Crippen LogP contribution >= 0.6 is 0 Å². The van der Waals surface area contributed by atoms with Gasteiger partial charge in [-0.25, -0.2) is 4.79 Å². The molecule has 0 atom stereocenters. The van der Waals surface area contributed by atoms with Crippen LogP contribution in [0.15, 0.2) is 0 Å². The number of ether oxygens (including phenoxy) is 1. The van der Waals surface area contributed by atoms with Gasteiger partial charge in [0.05, 0.1) is 0 Å². The maximum atomic E-state index is 11.4. The van der Waals surface area contributed by atoms with Crippen LogP contribution in [0, 0.1) is 11.8 Å². The smallest absolute Gasteiger partial charge is 0.407 e. The Hall–Kier alpha value is -1.26. The molecular weight excluding hydrogens is 220 g/mol. The minimum absolute atomic E-state index is 0.0476. The first-order valence-corrected chi connectivity index (χ1v) is 6.22. The third-order valence-corrected chi connectivity index (χ3v) is 3.00. The van der Waals surface area contributed by atoms with E-state index in [0.29, 0.717) is 12.5 Å². The normalized spacial score (nSPS) is 24.4. The molecule has 5 nitrogen and oxygen atoms in total. The molecule has 0 radical (unpaired) electrons. The van der Waals surface area contributed by atoms with E-state index in [1.807, 2.05) is 13.8 Å². The van der Waals surface area contributed by atoms with E-state index >= 15 is 0 Å². The summed E-state index contributed by atoms with van der Waals surface area (Å²) < 4.78 is 5.27. The Bertz CT molecular complexity index is 271. The molecule has 1 rings (SSSR count). The van der Waals surface area contributed by atoms with Crippen LogP contribution in [0.1, 0.15) is 39.5 Å². The summed E-state index contributed by atoms with van der Waals surface area (Å²) >= 11 is 0. The zero-order valence-corrected chi connectivity index (χ0v) is 10.6. The predicted molar refractivity (Wildman–Crippen MR) is 64.3 cm³/mol. The maximum Gasteiger partial charge on any atom is 0.407 e. The van der Waals surface area contributed by atoms with Crippen LogP contribution in [0.5, 0.6) is 0 Å². The van der Waals surface area contributed by atoms with E-state index in [9.17, 15) is 9.59 Å². The van der Waals surface area contributed by atoms with Gasteiger partial charge in [0.15, 0.2) is 0 Å². The standard InChI is InChI=1S/C12H22N2O3/c1-8(2)7-14-12(16)17-10-5-3-9(4-6-10)11(13)15/h8-10H,3-7H2,1-2H3,(H2,13,15)(H,14,16). The fraction of sp³-hybridized carbons (Fsp3) is 0.833. The summed E-state index contributed by atoms with van der Waals surface area (Å²) in [5.74, 6) is 0.120. The quantitative estimate of drug-likeness (QED) is 0.782. The minimum Gasteiger partial charge on any atom is -0.446 e. The van der Waals surface area contributed by atoms with Gasteiger partial charge in [0.1, 0.15) is 6.10 Å². The first kappa shape index (κ1) is 13.8. The Morgan fingerprint density at radius 3 is 2.35 bits per heavy atom. The van der Waals surface area contributed by atoms with Gasteiger partial charge in [-0.1, -0.05) is 13.8 Å². The van der Waals surface area contributed by atoms with E-state index in [0.717, 1.165) is 25.7 Å². The van der Waals surface area contributed by atoms with Gasteiger partial charge in [0.25, 0.3) is 0 Å². The van der Waals surface area contributed by atoms with Gasteiger partial charge in [-0.15, -0.1) is 0 Å². The second kappa shape index (κ2) is 6.47. The van der Waals surface area contributed by atoms with E-state index < -0.39 is 0 Å². The summed E-state index contributed by atoms with van der Waals surface area (Å²) in [7, 11) is 0. The van der Waals surface area contributed by atoms with Gasteiger partial charge in [-0.05, 0) is 31.6 Å². The van der Waals surface area contributed by atoms with Crippen molar-refractivity contribution >= 4 is 12.0 Å². The number of nitrogens with two attached hydrogens (primary N) is 1. The molecule has 5 heteroatoms. The number of amides is 2. The van der Waals surface area contributed by atoms with Gasteiger partial charge in [-0.2, -0.15) is 0 Å². The third-order valence-electron chi connectivity index (χ3n) is 3.00. The monoisotopic (exact) mass is 242 g/mol. The highest BCUT2D eigenvalue weighted by Gasteiger charge is 2.26. The van der Waals surface area contributed by atoms with Crippen LogP contribution in [0.4, 0.5) is 4.79 Å². The fourth-order valence-corrected chi connectivity index (χ4v) is 1.95. The van der Waals surface area contributed by atoms with Crippen molar-refractivity contribution in [3.63, 3.8) is 0 Å². The Balaban J connectivity index is 2.21. The number of nitrogens with one attached hydrogen (secondary N) is 1.